The van der Waals surface area contributed by atoms with Crippen LogP contribution >= 0.6 is 11.8 Å². The molecule has 3 rings (SSSR count). The number of halogens is 2. The van der Waals surface area contributed by atoms with Gasteiger partial charge in [-0.05, 0) is 36.4 Å². The van der Waals surface area contributed by atoms with Crippen molar-refractivity contribution in [3.63, 3.8) is 0 Å². The number of para-hydroxylation sites is 2. The quantitative estimate of drug-likeness (QED) is 0.658. The van der Waals surface area contributed by atoms with Crippen LogP contribution in [-0.2, 0) is 17.9 Å². The van der Waals surface area contributed by atoms with E-state index in [9.17, 15) is 18.7 Å². The largest absolute Gasteiger partial charge is 0.388 e. The summed E-state index contributed by atoms with van der Waals surface area (Å²) in [6.07, 6.45) is 0. The molecule has 0 aliphatic carbocycles. The fraction of sp³-hybridized carbons (Fsp3) is 0.176. The van der Waals surface area contributed by atoms with Gasteiger partial charge >= 0.3 is 0 Å². The molecule has 0 saturated carbocycles. The zero-order valence-electron chi connectivity index (χ0n) is 13.0. The molecule has 1 amide bonds. The number of rotatable bonds is 6. The Morgan fingerprint density at radius 3 is 2.60 bits per heavy atom. The van der Waals surface area contributed by atoms with Crippen molar-refractivity contribution in [1.82, 2.24) is 9.55 Å². The van der Waals surface area contributed by atoms with Gasteiger partial charge in [-0.3, -0.25) is 4.79 Å². The first-order valence-electron chi connectivity index (χ1n) is 7.46. The summed E-state index contributed by atoms with van der Waals surface area (Å²) in [4.78, 5) is 17.0. The number of carbonyl (C=O) groups excluding carboxylic acids is 1. The molecule has 1 aromatic heterocycles. The highest BCUT2D eigenvalue weighted by atomic mass is 32.2. The third kappa shape index (κ3) is 4.15. The van der Waals surface area contributed by atoms with Crippen LogP contribution in [-0.4, -0.2) is 26.3 Å². The Morgan fingerprint density at radius 1 is 1.20 bits per heavy atom. The number of aliphatic hydroxyl groups excluding tert-OH is 1. The predicted molar refractivity (Wildman–Crippen MR) is 92.6 cm³/mol. The summed E-state index contributed by atoms with van der Waals surface area (Å²) >= 11 is 0.450. The van der Waals surface area contributed by atoms with Gasteiger partial charge in [0.15, 0.2) is 0 Å². The summed E-state index contributed by atoms with van der Waals surface area (Å²) < 4.78 is 26.3. The van der Waals surface area contributed by atoms with E-state index in [1.165, 1.54) is 12.1 Å². The van der Waals surface area contributed by atoms with Crippen molar-refractivity contribution in [2.45, 2.75) is 23.8 Å². The molecule has 0 saturated heterocycles. The second kappa shape index (κ2) is 7.62. The number of benzene rings is 2. The van der Waals surface area contributed by atoms with Crippen LogP contribution in [0.5, 0.6) is 0 Å². The number of hydrogen-bond donors (Lipinski definition) is 2. The van der Waals surface area contributed by atoms with Gasteiger partial charge in [0, 0.05) is 10.6 Å². The fourth-order valence-electron chi connectivity index (χ4n) is 2.49. The number of amides is 1. The summed E-state index contributed by atoms with van der Waals surface area (Å²) in [5.74, 6) is -2.38. The normalized spacial score (nSPS) is 11.2. The highest BCUT2D eigenvalue weighted by Gasteiger charge is 2.13. The molecular weight excluding hydrogens is 348 g/mol. The highest BCUT2D eigenvalue weighted by molar-refractivity contribution is 7.99. The first kappa shape index (κ1) is 17.4. The topological polar surface area (TPSA) is 67.2 Å². The number of aliphatic hydroxyl groups is 1. The molecular formula is C17H15F2N3O2S. The molecule has 3 aromatic rings. The van der Waals surface area contributed by atoms with E-state index in [1.807, 2.05) is 24.3 Å². The maximum atomic E-state index is 12.3. The van der Waals surface area contributed by atoms with Crippen LogP contribution in [0.25, 0.3) is 11.0 Å². The van der Waals surface area contributed by atoms with Crippen molar-refractivity contribution in [2.75, 3.05) is 5.32 Å². The third-order valence-electron chi connectivity index (χ3n) is 3.54. The van der Waals surface area contributed by atoms with Crippen molar-refractivity contribution in [3.05, 3.63) is 54.4 Å². The van der Waals surface area contributed by atoms with Crippen LogP contribution in [0.15, 0.2) is 53.4 Å². The molecule has 0 unspecified atom stereocenters. The van der Waals surface area contributed by atoms with Gasteiger partial charge in [0.1, 0.15) is 19.0 Å². The van der Waals surface area contributed by atoms with Crippen molar-refractivity contribution in [3.8, 4) is 0 Å². The highest BCUT2D eigenvalue weighted by Crippen LogP contribution is 2.26. The van der Waals surface area contributed by atoms with Crippen molar-refractivity contribution in [1.29, 1.82) is 0 Å². The summed E-state index contributed by atoms with van der Waals surface area (Å²) in [6, 6.07) is 13.5. The lowest BCUT2D eigenvalue weighted by atomic mass is 10.3. The van der Waals surface area contributed by atoms with E-state index in [0.29, 0.717) is 33.7 Å². The second-order valence-electron chi connectivity index (χ2n) is 5.21. The summed E-state index contributed by atoms with van der Waals surface area (Å²) in [7, 11) is 0. The number of thioether (sulfide) groups is 1. The Bertz CT molecular complexity index is 881. The maximum Gasteiger partial charge on any atom is 0.288 e. The molecule has 0 aliphatic heterocycles. The minimum Gasteiger partial charge on any atom is -0.388 e. The molecule has 0 spiro atoms. The van der Waals surface area contributed by atoms with Gasteiger partial charge in [-0.2, -0.15) is 8.78 Å². The number of aromatic nitrogens is 2. The first-order valence-corrected chi connectivity index (χ1v) is 8.34. The SMILES string of the molecule is O=C(Cn1c(CO)nc2ccccc21)Nc1ccc(SC(F)F)cc1. The average molecular weight is 363 g/mol. The Hall–Kier alpha value is -2.45. The van der Waals surface area contributed by atoms with Gasteiger partial charge in [-0.25, -0.2) is 4.98 Å². The van der Waals surface area contributed by atoms with Crippen LogP contribution in [0.2, 0.25) is 0 Å². The van der Waals surface area contributed by atoms with Crippen LogP contribution in [0, 0.1) is 0 Å². The van der Waals surface area contributed by atoms with Crippen molar-refractivity contribution >= 4 is 34.4 Å². The molecule has 0 aliphatic rings. The Kier molecular flexibility index (Phi) is 5.30. The number of carbonyl (C=O) groups is 1. The molecule has 130 valence electrons. The van der Waals surface area contributed by atoms with Gasteiger partial charge in [0.2, 0.25) is 5.91 Å². The zero-order chi connectivity index (χ0) is 17.8. The summed E-state index contributed by atoms with van der Waals surface area (Å²) in [6.45, 7) is -0.286. The number of hydrogen-bond acceptors (Lipinski definition) is 4. The van der Waals surface area contributed by atoms with E-state index in [-0.39, 0.29) is 19.1 Å². The molecule has 0 fully saturated rings. The van der Waals surface area contributed by atoms with E-state index >= 15 is 0 Å². The van der Waals surface area contributed by atoms with Gasteiger partial charge < -0.3 is 15.0 Å². The number of anilines is 1. The predicted octanol–water partition coefficient (Wildman–Crippen LogP) is 3.48. The number of alkyl halides is 2. The van der Waals surface area contributed by atoms with E-state index in [0.717, 1.165) is 5.52 Å². The lowest BCUT2D eigenvalue weighted by molar-refractivity contribution is -0.116. The zero-order valence-corrected chi connectivity index (χ0v) is 13.8. The molecule has 0 bridgehead atoms. The fourth-order valence-corrected chi connectivity index (χ4v) is 2.99. The Balaban J connectivity index is 1.72. The van der Waals surface area contributed by atoms with E-state index < -0.39 is 5.76 Å². The minimum atomic E-state index is -2.48. The molecule has 0 atom stereocenters. The summed E-state index contributed by atoms with van der Waals surface area (Å²) in [5.41, 5.74) is 1.97. The molecule has 8 heteroatoms. The Labute approximate surface area is 146 Å². The van der Waals surface area contributed by atoms with E-state index in [2.05, 4.69) is 10.3 Å². The molecule has 5 nitrogen and oxygen atoms in total. The average Bonchev–Trinajstić information content (AvgIpc) is 2.94. The smallest absolute Gasteiger partial charge is 0.288 e. The second-order valence-corrected chi connectivity index (χ2v) is 6.28. The minimum absolute atomic E-state index is 0.00998. The van der Waals surface area contributed by atoms with Gasteiger partial charge in [0.05, 0.1) is 11.0 Å². The standard InChI is InChI=1S/C17H15F2N3O2S/c18-17(19)25-12-7-5-11(6-8-12)20-16(24)9-22-14-4-2-1-3-13(14)21-15(22)10-23/h1-8,17,23H,9-10H2,(H,20,24). The Morgan fingerprint density at radius 2 is 1.92 bits per heavy atom. The number of nitrogens with one attached hydrogen (secondary N) is 1. The van der Waals surface area contributed by atoms with Gasteiger partial charge in [0.25, 0.3) is 5.76 Å². The van der Waals surface area contributed by atoms with Crippen LogP contribution in [0.4, 0.5) is 14.5 Å². The number of fused-ring (bicyclic) bond motifs is 1. The lowest BCUT2D eigenvalue weighted by Crippen LogP contribution is -2.20. The third-order valence-corrected chi connectivity index (χ3v) is 4.26. The molecule has 25 heavy (non-hydrogen) atoms. The number of nitrogens with zero attached hydrogens (tertiary/aromatic N) is 2. The van der Waals surface area contributed by atoms with Crippen LogP contribution in [0.1, 0.15) is 5.82 Å². The maximum absolute atomic E-state index is 12.3. The van der Waals surface area contributed by atoms with Crippen molar-refractivity contribution < 1.29 is 18.7 Å². The van der Waals surface area contributed by atoms with E-state index in [1.54, 1.807) is 16.7 Å². The monoisotopic (exact) mass is 363 g/mol. The van der Waals surface area contributed by atoms with Crippen molar-refractivity contribution in [2.24, 2.45) is 0 Å². The molecule has 0 radical (unpaired) electrons. The molecule has 2 aromatic carbocycles. The van der Waals surface area contributed by atoms with E-state index in [4.69, 9.17) is 0 Å². The lowest BCUT2D eigenvalue weighted by Gasteiger charge is -2.09. The molecule has 2 N–H and O–H groups in total. The number of imidazole rings is 1. The van der Waals surface area contributed by atoms with Gasteiger partial charge in [-0.15, -0.1) is 0 Å². The first-order chi connectivity index (χ1) is 12.1. The van der Waals surface area contributed by atoms with Crippen LogP contribution in [0.3, 0.4) is 0 Å². The van der Waals surface area contributed by atoms with Crippen LogP contribution < -0.4 is 5.32 Å². The molecule has 1 heterocycles. The summed E-state index contributed by atoms with van der Waals surface area (Å²) in [5, 5.41) is 12.2. The van der Waals surface area contributed by atoms with Gasteiger partial charge in [-0.1, -0.05) is 23.9 Å².